The Kier molecular flexibility index (Phi) is 3.24. The highest BCUT2D eigenvalue weighted by Crippen LogP contribution is 2.27. The van der Waals surface area contributed by atoms with Crippen LogP contribution in [0.25, 0.3) is 0 Å². The molecule has 0 aliphatic heterocycles. The first-order chi connectivity index (χ1) is 8.06. The van der Waals surface area contributed by atoms with Crippen LogP contribution in [0.3, 0.4) is 0 Å². The van der Waals surface area contributed by atoms with Crippen molar-refractivity contribution in [1.82, 2.24) is 15.0 Å². The first-order valence-corrected chi connectivity index (χ1v) is 5.54. The largest absolute Gasteiger partial charge is 0.424 e. The van der Waals surface area contributed by atoms with Gasteiger partial charge >= 0.3 is 6.01 Å². The van der Waals surface area contributed by atoms with Gasteiger partial charge in [-0.1, -0.05) is 17.7 Å². The summed E-state index contributed by atoms with van der Waals surface area (Å²) in [6, 6.07) is 4.30. The normalized spacial score (nSPS) is 10.4. The predicted octanol–water partition coefficient (Wildman–Crippen LogP) is 3.24. The summed E-state index contributed by atoms with van der Waals surface area (Å²) >= 11 is 5.67. The lowest BCUT2D eigenvalue weighted by Gasteiger charge is -2.10. The van der Waals surface area contributed by atoms with Gasteiger partial charge in [-0.2, -0.15) is 9.97 Å². The molecule has 17 heavy (non-hydrogen) atoms. The molecule has 0 atom stereocenters. The van der Waals surface area contributed by atoms with Gasteiger partial charge in [0.05, 0.1) is 0 Å². The van der Waals surface area contributed by atoms with E-state index in [-0.39, 0.29) is 11.3 Å². The van der Waals surface area contributed by atoms with Crippen LogP contribution in [0.5, 0.6) is 11.8 Å². The van der Waals surface area contributed by atoms with Gasteiger partial charge in [-0.25, -0.2) is 4.98 Å². The quantitative estimate of drug-likeness (QED) is 0.820. The van der Waals surface area contributed by atoms with E-state index in [1.807, 2.05) is 32.9 Å². The van der Waals surface area contributed by atoms with Crippen LogP contribution in [0, 0.1) is 20.8 Å². The molecule has 0 aliphatic carbocycles. The van der Waals surface area contributed by atoms with Crippen molar-refractivity contribution in [2.45, 2.75) is 20.8 Å². The Morgan fingerprint density at radius 3 is 2.29 bits per heavy atom. The van der Waals surface area contributed by atoms with Crippen molar-refractivity contribution in [3.8, 4) is 11.8 Å². The Morgan fingerprint density at radius 1 is 1.06 bits per heavy atom. The Bertz CT molecular complexity index is 534. The van der Waals surface area contributed by atoms with E-state index in [1.165, 1.54) is 11.9 Å². The second kappa shape index (κ2) is 4.67. The lowest BCUT2D eigenvalue weighted by molar-refractivity contribution is 0.433. The lowest BCUT2D eigenvalue weighted by Crippen LogP contribution is -1.97. The van der Waals surface area contributed by atoms with Crippen molar-refractivity contribution in [1.29, 1.82) is 0 Å². The summed E-state index contributed by atoms with van der Waals surface area (Å²) in [6.45, 7) is 6.01. The third-order valence-electron chi connectivity index (χ3n) is 2.32. The molecule has 0 fully saturated rings. The van der Waals surface area contributed by atoms with Crippen molar-refractivity contribution < 1.29 is 4.74 Å². The third kappa shape index (κ3) is 2.71. The molecule has 1 aromatic heterocycles. The van der Waals surface area contributed by atoms with Gasteiger partial charge in [0.15, 0.2) is 0 Å². The first kappa shape index (κ1) is 11.8. The fourth-order valence-corrected chi connectivity index (χ4v) is 1.85. The molecule has 0 saturated carbocycles. The molecule has 2 rings (SSSR count). The van der Waals surface area contributed by atoms with Crippen LogP contribution < -0.4 is 4.74 Å². The number of hydrogen-bond donors (Lipinski definition) is 0. The molecular weight excluding hydrogens is 238 g/mol. The molecule has 1 aromatic carbocycles. The summed E-state index contributed by atoms with van der Waals surface area (Å²) in [5.41, 5.74) is 3.28. The minimum absolute atomic E-state index is 0.123. The van der Waals surface area contributed by atoms with Crippen LogP contribution in [0.4, 0.5) is 0 Å². The number of ether oxygens (including phenoxy) is 1. The van der Waals surface area contributed by atoms with Gasteiger partial charge in [-0.3, -0.25) is 0 Å². The number of aryl methyl sites for hydroxylation is 3. The monoisotopic (exact) mass is 249 g/mol. The lowest BCUT2D eigenvalue weighted by atomic mass is 10.1. The van der Waals surface area contributed by atoms with Crippen molar-refractivity contribution in [3.05, 3.63) is 40.4 Å². The summed E-state index contributed by atoms with van der Waals surface area (Å²) in [7, 11) is 0. The average Bonchev–Trinajstić information content (AvgIpc) is 2.23. The average molecular weight is 250 g/mol. The van der Waals surface area contributed by atoms with E-state index in [2.05, 4.69) is 15.0 Å². The minimum Gasteiger partial charge on any atom is -0.424 e. The molecule has 0 amide bonds. The van der Waals surface area contributed by atoms with Crippen LogP contribution in [0.2, 0.25) is 5.28 Å². The molecular formula is C12H12ClN3O. The third-order valence-corrected chi connectivity index (χ3v) is 2.50. The van der Waals surface area contributed by atoms with E-state index in [0.717, 1.165) is 16.9 Å². The van der Waals surface area contributed by atoms with Crippen LogP contribution in [0.1, 0.15) is 16.7 Å². The molecule has 0 aliphatic rings. The van der Waals surface area contributed by atoms with Crippen molar-refractivity contribution in [2.75, 3.05) is 0 Å². The number of rotatable bonds is 2. The zero-order valence-corrected chi connectivity index (χ0v) is 10.6. The fourth-order valence-electron chi connectivity index (χ4n) is 1.73. The van der Waals surface area contributed by atoms with Crippen molar-refractivity contribution in [3.63, 3.8) is 0 Å². The molecule has 0 unspecified atom stereocenters. The van der Waals surface area contributed by atoms with Crippen LogP contribution in [-0.4, -0.2) is 15.0 Å². The summed E-state index contributed by atoms with van der Waals surface area (Å²) in [5, 5.41) is 0.123. The Labute approximate surface area is 105 Å². The second-order valence-corrected chi connectivity index (χ2v) is 4.21. The van der Waals surface area contributed by atoms with Gasteiger partial charge in [-0.05, 0) is 43.5 Å². The fraction of sp³-hybridized carbons (Fsp3) is 0.250. The van der Waals surface area contributed by atoms with E-state index < -0.39 is 0 Å². The highest BCUT2D eigenvalue weighted by Gasteiger charge is 2.08. The summed E-state index contributed by atoms with van der Waals surface area (Å²) in [6.07, 6.45) is 1.32. The summed E-state index contributed by atoms with van der Waals surface area (Å²) in [4.78, 5) is 11.5. The van der Waals surface area contributed by atoms with Gasteiger partial charge in [0.2, 0.25) is 5.28 Å². The van der Waals surface area contributed by atoms with E-state index in [0.29, 0.717) is 0 Å². The first-order valence-electron chi connectivity index (χ1n) is 5.16. The number of hydrogen-bond acceptors (Lipinski definition) is 4. The van der Waals surface area contributed by atoms with Gasteiger partial charge in [0.25, 0.3) is 0 Å². The molecule has 0 N–H and O–H groups in total. The zero-order valence-electron chi connectivity index (χ0n) is 9.86. The topological polar surface area (TPSA) is 47.9 Å². The number of nitrogens with zero attached hydrogens (tertiary/aromatic N) is 3. The second-order valence-electron chi connectivity index (χ2n) is 3.87. The number of aromatic nitrogens is 3. The van der Waals surface area contributed by atoms with E-state index in [9.17, 15) is 0 Å². The maximum Gasteiger partial charge on any atom is 0.326 e. The smallest absolute Gasteiger partial charge is 0.326 e. The summed E-state index contributed by atoms with van der Waals surface area (Å²) < 4.78 is 5.63. The molecule has 5 heteroatoms. The molecule has 0 saturated heterocycles. The molecule has 1 heterocycles. The maximum atomic E-state index is 5.67. The molecule has 0 bridgehead atoms. The van der Waals surface area contributed by atoms with Gasteiger partial charge < -0.3 is 4.74 Å². The van der Waals surface area contributed by atoms with E-state index >= 15 is 0 Å². The standard InChI is InChI=1S/C12H12ClN3O/c1-7-4-8(2)10(9(3)5-7)17-12-15-6-14-11(13)16-12/h4-6H,1-3H3. The van der Waals surface area contributed by atoms with E-state index in [1.54, 1.807) is 0 Å². The molecule has 0 radical (unpaired) electrons. The SMILES string of the molecule is Cc1cc(C)c(Oc2ncnc(Cl)n2)c(C)c1. The van der Waals surface area contributed by atoms with Crippen LogP contribution >= 0.6 is 11.6 Å². The molecule has 0 spiro atoms. The molecule has 4 nitrogen and oxygen atoms in total. The Morgan fingerprint density at radius 2 is 1.71 bits per heavy atom. The Hall–Kier alpha value is -1.68. The van der Waals surface area contributed by atoms with Crippen molar-refractivity contribution in [2.24, 2.45) is 0 Å². The van der Waals surface area contributed by atoms with Crippen LogP contribution in [0.15, 0.2) is 18.5 Å². The maximum absolute atomic E-state index is 5.67. The van der Waals surface area contributed by atoms with E-state index in [4.69, 9.17) is 16.3 Å². The summed E-state index contributed by atoms with van der Waals surface area (Å²) in [5.74, 6) is 0.762. The van der Waals surface area contributed by atoms with Gasteiger partial charge in [0, 0.05) is 0 Å². The molecule has 88 valence electrons. The van der Waals surface area contributed by atoms with Gasteiger partial charge in [0.1, 0.15) is 12.1 Å². The molecule has 2 aromatic rings. The highest BCUT2D eigenvalue weighted by molar-refractivity contribution is 6.28. The predicted molar refractivity (Wildman–Crippen MR) is 65.6 cm³/mol. The number of halogens is 1. The zero-order chi connectivity index (χ0) is 12.4. The van der Waals surface area contributed by atoms with Crippen molar-refractivity contribution >= 4 is 11.6 Å². The highest BCUT2D eigenvalue weighted by atomic mass is 35.5. The minimum atomic E-state index is 0.123. The van der Waals surface area contributed by atoms with Crippen LogP contribution in [-0.2, 0) is 0 Å². The number of benzene rings is 1. The Balaban J connectivity index is 2.36. The van der Waals surface area contributed by atoms with Gasteiger partial charge in [-0.15, -0.1) is 0 Å².